The Hall–Kier alpha value is -4.09. The zero-order valence-corrected chi connectivity index (χ0v) is 28.3. The maximum atomic E-state index is 13.1. The number of benzene rings is 3. The Labute approximate surface area is 284 Å². The Morgan fingerprint density at radius 2 is 1.02 bits per heavy atom. The highest BCUT2D eigenvalue weighted by Gasteiger charge is 2.28. The van der Waals surface area contributed by atoms with Crippen molar-refractivity contribution in [3.05, 3.63) is 108 Å². The van der Waals surface area contributed by atoms with Gasteiger partial charge in [-0.3, -0.25) is 29.1 Å². The van der Waals surface area contributed by atoms with E-state index in [2.05, 4.69) is 33.9 Å². The van der Waals surface area contributed by atoms with Crippen LogP contribution in [0.15, 0.2) is 91.0 Å². The normalized spacial score (nSPS) is 17.2. The van der Waals surface area contributed by atoms with Crippen LogP contribution in [0.3, 0.4) is 0 Å². The maximum Gasteiger partial charge on any atom is 0.320 e. The molecular formula is C38H50N4O6. The van der Waals surface area contributed by atoms with E-state index < -0.39 is 0 Å². The Bertz CT molecular complexity index is 1380. The second-order valence-electron chi connectivity index (χ2n) is 12.5. The summed E-state index contributed by atoms with van der Waals surface area (Å²) in [6.45, 7) is 9.47. The number of nitrogens with one attached hydrogen (secondary N) is 1. The number of esters is 3. The van der Waals surface area contributed by atoms with Gasteiger partial charge in [0.1, 0.15) is 19.8 Å². The van der Waals surface area contributed by atoms with Crippen molar-refractivity contribution in [3.63, 3.8) is 0 Å². The third-order valence-corrected chi connectivity index (χ3v) is 8.36. The molecule has 0 bridgehead atoms. The lowest BCUT2D eigenvalue weighted by Crippen LogP contribution is -2.53. The molecule has 10 heteroatoms. The summed E-state index contributed by atoms with van der Waals surface area (Å²) in [5, 5.41) is 3.49. The van der Waals surface area contributed by atoms with Gasteiger partial charge in [-0.25, -0.2) is 0 Å². The van der Waals surface area contributed by atoms with Gasteiger partial charge in [-0.05, 0) is 22.6 Å². The second-order valence-corrected chi connectivity index (χ2v) is 12.5. The SMILES string of the molecule is CC(C)C1CN(CC(=O)OCc2ccccc2)CCN(CC(=O)OCc2ccccc2)CCNCCN1CC(=O)OCc1ccccc1. The van der Waals surface area contributed by atoms with Gasteiger partial charge in [0.05, 0.1) is 19.6 Å². The van der Waals surface area contributed by atoms with Crippen LogP contribution in [-0.4, -0.2) is 104 Å². The number of rotatable bonds is 13. The molecule has 1 N–H and O–H groups in total. The molecule has 1 atom stereocenters. The molecular weight excluding hydrogens is 608 g/mol. The van der Waals surface area contributed by atoms with Crippen molar-refractivity contribution in [2.45, 2.75) is 39.7 Å². The molecule has 1 fully saturated rings. The first kappa shape index (κ1) is 36.7. The lowest BCUT2D eigenvalue weighted by atomic mass is 10.0. The highest BCUT2D eigenvalue weighted by Crippen LogP contribution is 2.15. The minimum Gasteiger partial charge on any atom is -0.460 e. The molecule has 1 aliphatic rings. The molecule has 48 heavy (non-hydrogen) atoms. The van der Waals surface area contributed by atoms with Gasteiger partial charge in [-0.1, -0.05) is 105 Å². The average molecular weight is 659 g/mol. The topological polar surface area (TPSA) is 101 Å². The van der Waals surface area contributed by atoms with Crippen LogP contribution in [0.2, 0.25) is 0 Å². The van der Waals surface area contributed by atoms with Gasteiger partial charge in [-0.2, -0.15) is 0 Å². The Morgan fingerprint density at radius 3 is 1.50 bits per heavy atom. The first-order valence-electron chi connectivity index (χ1n) is 16.8. The molecule has 258 valence electrons. The summed E-state index contributed by atoms with van der Waals surface area (Å²) in [7, 11) is 0. The molecule has 3 aromatic carbocycles. The fourth-order valence-electron chi connectivity index (χ4n) is 5.63. The van der Waals surface area contributed by atoms with Crippen LogP contribution in [-0.2, 0) is 48.4 Å². The molecule has 1 unspecified atom stereocenters. The maximum absolute atomic E-state index is 13.1. The molecule has 0 spiro atoms. The fourth-order valence-corrected chi connectivity index (χ4v) is 5.63. The lowest BCUT2D eigenvalue weighted by Gasteiger charge is -2.38. The minimum atomic E-state index is -0.322. The molecule has 1 aliphatic heterocycles. The van der Waals surface area contributed by atoms with E-state index in [1.807, 2.05) is 91.0 Å². The fraction of sp³-hybridized carbons (Fsp3) is 0.447. The number of hydrogen-bond donors (Lipinski definition) is 1. The van der Waals surface area contributed by atoms with E-state index in [-0.39, 0.29) is 69.3 Å². The van der Waals surface area contributed by atoms with Gasteiger partial charge in [0, 0.05) is 51.9 Å². The highest BCUT2D eigenvalue weighted by molar-refractivity contribution is 5.72. The van der Waals surface area contributed by atoms with Gasteiger partial charge in [0.2, 0.25) is 0 Å². The third-order valence-electron chi connectivity index (χ3n) is 8.36. The number of carbonyl (C=O) groups is 3. The summed E-state index contributed by atoms with van der Waals surface area (Å²) in [6.07, 6.45) is 0. The summed E-state index contributed by atoms with van der Waals surface area (Å²) in [4.78, 5) is 45.4. The van der Waals surface area contributed by atoms with E-state index in [1.165, 1.54) is 0 Å². The quantitative estimate of drug-likeness (QED) is 0.216. The largest absolute Gasteiger partial charge is 0.460 e. The van der Waals surface area contributed by atoms with Crippen LogP contribution in [0.4, 0.5) is 0 Å². The Kier molecular flexibility index (Phi) is 15.5. The third kappa shape index (κ3) is 13.6. The van der Waals surface area contributed by atoms with Crippen LogP contribution in [0.1, 0.15) is 30.5 Å². The molecule has 10 nitrogen and oxygen atoms in total. The number of nitrogens with zero attached hydrogens (tertiary/aromatic N) is 3. The van der Waals surface area contributed by atoms with Gasteiger partial charge in [0.25, 0.3) is 0 Å². The van der Waals surface area contributed by atoms with E-state index >= 15 is 0 Å². The van der Waals surface area contributed by atoms with E-state index in [0.29, 0.717) is 45.8 Å². The predicted octanol–water partition coefficient (Wildman–Crippen LogP) is 3.75. The van der Waals surface area contributed by atoms with Crippen LogP contribution in [0.5, 0.6) is 0 Å². The van der Waals surface area contributed by atoms with Gasteiger partial charge in [-0.15, -0.1) is 0 Å². The van der Waals surface area contributed by atoms with Crippen molar-refractivity contribution in [2.75, 3.05) is 65.4 Å². The van der Waals surface area contributed by atoms with Crippen LogP contribution in [0.25, 0.3) is 0 Å². The molecule has 4 rings (SSSR count). The molecule has 1 heterocycles. The van der Waals surface area contributed by atoms with E-state index in [4.69, 9.17) is 14.2 Å². The summed E-state index contributed by atoms with van der Waals surface area (Å²) in [6, 6.07) is 28.9. The Morgan fingerprint density at radius 1 is 0.604 bits per heavy atom. The predicted molar refractivity (Wildman–Crippen MR) is 185 cm³/mol. The first-order valence-corrected chi connectivity index (χ1v) is 16.8. The highest BCUT2D eigenvalue weighted by atomic mass is 16.5. The molecule has 0 aliphatic carbocycles. The van der Waals surface area contributed by atoms with Gasteiger partial charge in [0.15, 0.2) is 0 Å². The molecule has 1 saturated heterocycles. The summed E-state index contributed by atoms with van der Waals surface area (Å²) in [5.74, 6) is -0.717. The number of carbonyl (C=O) groups excluding carboxylic acids is 3. The standard InChI is InChI=1S/C38H50N4O6/c1-31(2)35-24-41(26-37(44)47-29-33-14-8-4-9-15-33)23-22-40(25-36(43)46-28-32-12-6-3-7-13-32)20-18-39-19-21-42(35)27-38(45)48-30-34-16-10-5-11-17-34/h3-17,31,35,39H,18-30H2,1-2H3. The summed E-state index contributed by atoms with van der Waals surface area (Å²) in [5.41, 5.74) is 2.80. The van der Waals surface area contributed by atoms with Crippen molar-refractivity contribution >= 4 is 17.9 Å². The molecule has 0 saturated carbocycles. The van der Waals surface area contributed by atoms with E-state index in [0.717, 1.165) is 16.7 Å². The van der Waals surface area contributed by atoms with Crippen LogP contribution < -0.4 is 5.32 Å². The van der Waals surface area contributed by atoms with E-state index in [1.54, 1.807) is 0 Å². The molecule has 0 radical (unpaired) electrons. The molecule has 3 aromatic rings. The van der Waals surface area contributed by atoms with E-state index in [9.17, 15) is 14.4 Å². The monoisotopic (exact) mass is 658 g/mol. The van der Waals surface area contributed by atoms with Crippen LogP contribution in [0, 0.1) is 5.92 Å². The van der Waals surface area contributed by atoms with Crippen molar-refractivity contribution in [1.29, 1.82) is 0 Å². The van der Waals surface area contributed by atoms with Gasteiger partial charge < -0.3 is 19.5 Å². The average Bonchev–Trinajstić information content (AvgIpc) is 3.10. The minimum absolute atomic E-state index is 0.0401. The zero-order chi connectivity index (χ0) is 34.0. The van der Waals surface area contributed by atoms with Crippen molar-refractivity contribution in [1.82, 2.24) is 20.0 Å². The smallest absolute Gasteiger partial charge is 0.320 e. The number of hydrogen-bond acceptors (Lipinski definition) is 10. The van der Waals surface area contributed by atoms with Crippen LogP contribution >= 0.6 is 0 Å². The summed E-state index contributed by atoms with van der Waals surface area (Å²) >= 11 is 0. The van der Waals surface area contributed by atoms with Gasteiger partial charge >= 0.3 is 17.9 Å². The first-order chi connectivity index (χ1) is 23.4. The van der Waals surface area contributed by atoms with Crippen molar-refractivity contribution in [2.24, 2.45) is 5.92 Å². The second kappa shape index (κ2) is 20.3. The zero-order valence-electron chi connectivity index (χ0n) is 28.3. The summed E-state index contributed by atoms with van der Waals surface area (Å²) < 4.78 is 16.9. The Balaban J connectivity index is 1.42. The van der Waals surface area contributed by atoms with Crippen molar-refractivity contribution < 1.29 is 28.6 Å². The molecule has 0 aromatic heterocycles. The molecule has 0 amide bonds. The number of ether oxygens (including phenoxy) is 3. The van der Waals surface area contributed by atoms with Crippen molar-refractivity contribution in [3.8, 4) is 0 Å². The lowest BCUT2D eigenvalue weighted by molar-refractivity contribution is -0.149.